The van der Waals surface area contributed by atoms with E-state index in [1.807, 2.05) is 0 Å². The Balaban J connectivity index is 2.03. The van der Waals surface area contributed by atoms with Crippen molar-refractivity contribution < 1.29 is 52.6 Å². The highest BCUT2D eigenvalue weighted by atomic mass is 32.2. The van der Waals surface area contributed by atoms with E-state index < -0.39 is 63.6 Å². The van der Waals surface area contributed by atoms with Gasteiger partial charge in [-0.25, -0.2) is 0 Å². The van der Waals surface area contributed by atoms with E-state index in [0.717, 1.165) is 0 Å². The number of nitro benzene ring substituents is 1. The normalized spacial score (nSPS) is 21.9. The number of nitrogens with zero attached hydrogens (tertiary/aromatic N) is 1. The Morgan fingerprint density at radius 3 is 1.85 bits per heavy atom. The van der Waals surface area contributed by atoms with Crippen LogP contribution < -0.4 is 4.74 Å². The standard InChI is InChI=1S/C26H33NO12S/c1-15(28)35-14-22-25(37-17(3)30)26(38-18(4)31)24(36-16(2)29)21(40-22)8-6-5-7-9-23(32)39-20-12-10-19(11-13-20)27(33)34/h10-13,21-22,24-26H,5-9,14H2,1-4H3/t21-,22+,24+,25+,26-/m1/s1. The van der Waals surface area contributed by atoms with Crippen LogP contribution in [0.15, 0.2) is 24.3 Å². The zero-order valence-corrected chi connectivity index (χ0v) is 23.5. The van der Waals surface area contributed by atoms with Gasteiger partial charge in [-0.05, 0) is 25.0 Å². The van der Waals surface area contributed by atoms with E-state index in [2.05, 4.69) is 0 Å². The summed E-state index contributed by atoms with van der Waals surface area (Å²) in [4.78, 5) is 69.5. The summed E-state index contributed by atoms with van der Waals surface area (Å²) in [6.07, 6.45) is -0.777. The van der Waals surface area contributed by atoms with Gasteiger partial charge in [0.2, 0.25) is 0 Å². The second-order valence-corrected chi connectivity index (χ2v) is 10.5. The van der Waals surface area contributed by atoms with Gasteiger partial charge in [-0.15, -0.1) is 11.8 Å². The van der Waals surface area contributed by atoms with E-state index in [4.69, 9.17) is 23.7 Å². The molecule has 0 aromatic heterocycles. The number of rotatable bonds is 13. The summed E-state index contributed by atoms with van der Waals surface area (Å²) in [6, 6.07) is 5.18. The fourth-order valence-corrected chi connectivity index (χ4v) is 5.79. The van der Waals surface area contributed by atoms with Crippen LogP contribution >= 0.6 is 11.8 Å². The second kappa shape index (κ2) is 15.8. The van der Waals surface area contributed by atoms with Crippen LogP contribution in [0.25, 0.3) is 0 Å². The van der Waals surface area contributed by atoms with Gasteiger partial charge in [0.15, 0.2) is 18.3 Å². The monoisotopic (exact) mass is 583 g/mol. The zero-order chi connectivity index (χ0) is 29.8. The molecule has 0 spiro atoms. The number of hydrogen-bond donors (Lipinski definition) is 0. The predicted octanol–water partition coefficient (Wildman–Crippen LogP) is 3.29. The first-order valence-corrected chi connectivity index (χ1v) is 13.6. The highest BCUT2D eigenvalue weighted by molar-refractivity contribution is 8.00. The van der Waals surface area contributed by atoms with Crippen molar-refractivity contribution in [1.29, 1.82) is 0 Å². The van der Waals surface area contributed by atoms with Gasteiger partial charge in [-0.3, -0.25) is 34.1 Å². The first kappa shape index (κ1) is 32.5. The van der Waals surface area contributed by atoms with Crippen molar-refractivity contribution in [2.45, 2.75) is 88.6 Å². The minimum atomic E-state index is -1.12. The summed E-state index contributed by atoms with van der Waals surface area (Å²) in [5.41, 5.74) is -0.113. The number of non-ortho nitro benzene ring substituents is 1. The molecule has 0 saturated carbocycles. The first-order valence-electron chi connectivity index (χ1n) is 12.6. The third-order valence-electron chi connectivity index (χ3n) is 5.74. The molecule has 1 aromatic carbocycles. The highest BCUT2D eigenvalue weighted by Gasteiger charge is 2.51. The minimum Gasteiger partial charge on any atom is -0.465 e. The molecule has 0 bridgehead atoms. The van der Waals surface area contributed by atoms with E-state index >= 15 is 0 Å². The van der Waals surface area contributed by atoms with Crippen molar-refractivity contribution in [3.8, 4) is 5.75 Å². The largest absolute Gasteiger partial charge is 0.465 e. The third kappa shape index (κ3) is 10.8. The van der Waals surface area contributed by atoms with Crippen molar-refractivity contribution in [3.05, 3.63) is 34.4 Å². The first-order chi connectivity index (χ1) is 18.9. The molecular formula is C26H33NO12S. The van der Waals surface area contributed by atoms with Crippen LogP contribution in [0.4, 0.5) is 5.69 Å². The van der Waals surface area contributed by atoms with Crippen molar-refractivity contribution in [1.82, 2.24) is 0 Å². The lowest BCUT2D eigenvalue weighted by molar-refractivity contribution is -0.384. The van der Waals surface area contributed by atoms with Crippen LogP contribution in [-0.4, -0.2) is 70.2 Å². The van der Waals surface area contributed by atoms with Crippen LogP contribution in [-0.2, 0) is 42.9 Å². The van der Waals surface area contributed by atoms with E-state index in [-0.39, 0.29) is 24.5 Å². The molecule has 1 heterocycles. The quantitative estimate of drug-likeness (QED) is 0.0826. The fraction of sp³-hybridized carbons (Fsp3) is 0.577. The SMILES string of the molecule is CC(=O)OC[C@@H]1S[C@H](CCCCCC(=O)Oc2ccc([N+](=O)[O-])cc2)[C@H](OC(C)=O)[C@@H](OC(C)=O)[C@H]1OC(C)=O. The van der Waals surface area contributed by atoms with Gasteiger partial charge >= 0.3 is 29.8 Å². The number of carbonyl (C=O) groups excluding carboxylic acids is 5. The highest BCUT2D eigenvalue weighted by Crippen LogP contribution is 2.40. The summed E-state index contributed by atoms with van der Waals surface area (Å²) >= 11 is 1.31. The van der Waals surface area contributed by atoms with E-state index in [1.54, 1.807) is 0 Å². The number of nitro groups is 1. The Morgan fingerprint density at radius 2 is 1.32 bits per heavy atom. The molecular weight excluding hydrogens is 550 g/mol. The average molecular weight is 584 g/mol. The van der Waals surface area contributed by atoms with Crippen molar-refractivity contribution in [2.24, 2.45) is 0 Å². The Labute approximate surface area is 235 Å². The molecule has 220 valence electrons. The van der Waals surface area contributed by atoms with Gasteiger partial charge in [-0.2, -0.15) is 0 Å². The molecule has 1 aliphatic heterocycles. The van der Waals surface area contributed by atoms with E-state index in [1.165, 1.54) is 63.7 Å². The Bertz CT molecular complexity index is 1080. The predicted molar refractivity (Wildman–Crippen MR) is 140 cm³/mol. The van der Waals surface area contributed by atoms with Crippen molar-refractivity contribution >= 4 is 47.3 Å². The molecule has 1 fully saturated rings. The van der Waals surface area contributed by atoms with Gasteiger partial charge in [0, 0.05) is 51.5 Å². The maximum Gasteiger partial charge on any atom is 0.311 e. The lowest BCUT2D eigenvalue weighted by Crippen LogP contribution is -2.58. The van der Waals surface area contributed by atoms with Gasteiger partial charge in [0.05, 0.1) is 10.2 Å². The number of ether oxygens (including phenoxy) is 5. The number of carbonyl (C=O) groups is 5. The smallest absolute Gasteiger partial charge is 0.311 e. The van der Waals surface area contributed by atoms with Gasteiger partial charge in [-0.1, -0.05) is 12.8 Å². The van der Waals surface area contributed by atoms with Crippen LogP contribution in [0.2, 0.25) is 0 Å². The number of benzene rings is 1. The molecule has 5 atom stereocenters. The number of hydrogen-bond acceptors (Lipinski definition) is 13. The summed E-state index contributed by atoms with van der Waals surface area (Å²) in [5.74, 6) is -2.73. The lowest BCUT2D eigenvalue weighted by atomic mass is 9.97. The van der Waals surface area contributed by atoms with Gasteiger partial charge in [0.1, 0.15) is 12.4 Å². The van der Waals surface area contributed by atoms with Crippen molar-refractivity contribution in [2.75, 3.05) is 6.61 Å². The zero-order valence-electron chi connectivity index (χ0n) is 22.7. The molecule has 40 heavy (non-hydrogen) atoms. The molecule has 14 heteroatoms. The number of unbranched alkanes of at least 4 members (excludes halogenated alkanes) is 2. The summed E-state index contributed by atoms with van der Waals surface area (Å²) in [5, 5.41) is 9.75. The topological polar surface area (TPSA) is 175 Å². The lowest BCUT2D eigenvalue weighted by Gasteiger charge is -2.44. The van der Waals surface area contributed by atoms with Crippen molar-refractivity contribution in [3.63, 3.8) is 0 Å². The fourth-order valence-electron chi connectivity index (χ4n) is 4.16. The molecule has 2 rings (SSSR count). The summed E-state index contributed by atoms with van der Waals surface area (Å²) in [6.45, 7) is 4.72. The molecule has 1 aromatic rings. The Hall–Kier alpha value is -3.68. The molecule has 0 aliphatic carbocycles. The molecule has 0 unspecified atom stereocenters. The van der Waals surface area contributed by atoms with E-state index in [9.17, 15) is 34.1 Å². The molecule has 0 amide bonds. The summed E-state index contributed by atoms with van der Waals surface area (Å²) < 4.78 is 26.8. The number of thioether (sulfide) groups is 1. The van der Waals surface area contributed by atoms with E-state index in [0.29, 0.717) is 25.7 Å². The van der Waals surface area contributed by atoms with Crippen LogP contribution in [0.1, 0.15) is 59.8 Å². The molecule has 0 N–H and O–H groups in total. The molecule has 13 nitrogen and oxygen atoms in total. The third-order valence-corrected chi connectivity index (χ3v) is 7.34. The van der Waals surface area contributed by atoms with Crippen LogP contribution in [0.3, 0.4) is 0 Å². The average Bonchev–Trinajstić information content (AvgIpc) is 2.85. The maximum atomic E-state index is 12.2. The van der Waals surface area contributed by atoms with Gasteiger partial charge < -0.3 is 23.7 Å². The minimum absolute atomic E-state index is 0.113. The van der Waals surface area contributed by atoms with Gasteiger partial charge in [0.25, 0.3) is 5.69 Å². The van der Waals surface area contributed by atoms with Crippen LogP contribution in [0.5, 0.6) is 5.75 Å². The molecule has 0 radical (unpaired) electrons. The Kier molecular flexibility index (Phi) is 12.8. The maximum absolute atomic E-state index is 12.2. The number of esters is 5. The Morgan fingerprint density at radius 1 is 0.775 bits per heavy atom. The molecule has 1 aliphatic rings. The second-order valence-electron chi connectivity index (χ2n) is 9.06. The van der Waals surface area contributed by atoms with Crippen LogP contribution in [0, 0.1) is 10.1 Å². The molecule has 1 saturated heterocycles. The summed E-state index contributed by atoms with van der Waals surface area (Å²) in [7, 11) is 0.